The number of ether oxygens (including phenoxy) is 2. The van der Waals surface area contributed by atoms with Gasteiger partial charge >= 0.3 is 0 Å². The van der Waals surface area contributed by atoms with Crippen LogP contribution in [0.15, 0.2) is 36.8 Å². The predicted molar refractivity (Wildman–Crippen MR) is 150 cm³/mol. The molecule has 208 valence electrons. The fourth-order valence-corrected chi connectivity index (χ4v) is 7.23. The summed E-state index contributed by atoms with van der Waals surface area (Å²) in [5, 5.41) is 3.77. The number of sulfonamides is 1. The molecule has 1 aliphatic heterocycles. The van der Waals surface area contributed by atoms with E-state index in [1.807, 2.05) is 6.07 Å². The van der Waals surface area contributed by atoms with Crippen molar-refractivity contribution in [2.75, 3.05) is 41.2 Å². The molecule has 0 radical (unpaired) electrons. The minimum absolute atomic E-state index is 0.00535. The van der Waals surface area contributed by atoms with E-state index in [0.717, 1.165) is 62.9 Å². The number of hydrogen-bond donors (Lipinski definition) is 2. The van der Waals surface area contributed by atoms with Gasteiger partial charge < -0.3 is 19.7 Å². The first-order chi connectivity index (χ1) is 19.0. The highest BCUT2D eigenvalue weighted by Gasteiger charge is 2.29. The molecule has 2 N–H and O–H groups in total. The van der Waals surface area contributed by atoms with Gasteiger partial charge in [0.05, 0.1) is 41.3 Å². The van der Waals surface area contributed by atoms with E-state index in [0.29, 0.717) is 49.0 Å². The highest BCUT2D eigenvalue weighted by Crippen LogP contribution is 2.34. The second-order valence-electron chi connectivity index (χ2n) is 10.5. The molecule has 2 saturated carbocycles. The minimum atomic E-state index is -3.47. The normalized spacial score (nSPS) is 22.6. The van der Waals surface area contributed by atoms with E-state index in [1.54, 1.807) is 30.7 Å². The Balaban J connectivity index is 1.23. The Morgan fingerprint density at radius 1 is 0.949 bits per heavy atom. The monoisotopic (exact) mass is 553 g/mol. The molecule has 0 atom stereocenters. The van der Waals surface area contributed by atoms with Crippen LogP contribution in [-0.2, 0) is 14.8 Å². The SMILES string of the molecule is O=S(=O)(Nc1cnc2cc(N3CCOCC3)nc(OC3CCC(Nc4ncccn4)CC3)c2c1)C1CCCC1. The number of rotatable bonds is 8. The number of aromatic nitrogens is 4. The van der Waals surface area contributed by atoms with Gasteiger partial charge in [0.25, 0.3) is 0 Å². The fraction of sp³-hybridized carbons (Fsp3) is 0.556. The number of morpholine rings is 1. The van der Waals surface area contributed by atoms with Crippen molar-refractivity contribution in [2.45, 2.75) is 68.8 Å². The highest BCUT2D eigenvalue weighted by atomic mass is 32.2. The molecular weight excluding hydrogens is 518 g/mol. The van der Waals surface area contributed by atoms with Crippen molar-refractivity contribution in [3.8, 4) is 5.88 Å². The Morgan fingerprint density at radius 2 is 1.69 bits per heavy atom. The van der Waals surface area contributed by atoms with Gasteiger partial charge in [0.1, 0.15) is 11.9 Å². The Hall–Kier alpha value is -3.25. The molecule has 3 aromatic rings. The number of pyridine rings is 2. The smallest absolute Gasteiger partial charge is 0.235 e. The quantitative estimate of drug-likeness (QED) is 0.425. The zero-order chi connectivity index (χ0) is 26.7. The second kappa shape index (κ2) is 11.5. The predicted octanol–water partition coefficient (Wildman–Crippen LogP) is 3.74. The van der Waals surface area contributed by atoms with E-state index in [1.165, 1.54) is 0 Å². The molecule has 1 saturated heterocycles. The van der Waals surface area contributed by atoms with E-state index in [4.69, 9.17) is 14.5 Å². The van der Waals surface area contributed by atoms with Gasteiger partial charge in [0.2, 0.25) is 21.9 Å². The van der Waals surface area contributed by atoms with Crippen LogP contribution in [0, 0.1) is 0 Å². The molecule has 6 rings (SSSR count). The molecule has 3 fully saturated rings. The van der Waals surface area contributed by atoms with Crippen LogP contribution in [0.5, 0.6) is 5.88 Å². The Kier molecular flexibility index (Phi) is 7.64. The van der Waals surface area contributed by atoms with Gasteiger partial charge in [-0.15, -0.1) is 0 Å². The molecular formula is C27H35N7O4S. The first-order valence-electron chi connectivity index (χ1n) is 13.9. The maximum absolute atomic E-state index is 12.9. The summed E-state index contributed by atoms with van der Waals surface area (Å²) in [4.78, 5) is 20.3. The lowest BCUT2D eigenvalue weighted by Crippen LogP contribution is -2.37. The molecule has 4 heterocycles. The molecule has 2 aliphatic carbocycles. The van der Waals surface area contributed by atoms with Crippen LogP contribution in [0.3, 0.4) is 0 Å². The van der Waals surface area contributed by atoms with E-state index in [2.05, 4.69) is 29.9 Å². The third-order valence-corrected chi connectivity index (χ3v) is 9.69. The Labute approximate surface area is 228 Å². The van der Waals surface area contributed by atoms with Gasteiger partial charge in [-0.05, 0) is 50.7 Å². The third kappa shape index (κ3) is 6.17. The molecule has 0 amide bonds. The van der Waals surface area contributed by atoms with Crippen LogP contribution in [0.25, 0.3) is 10.9 Å². The van der Waals surface area contributed by atoms with Crippen molar-refractivity contribution in [3.63, 3.8) is 0 Å². The van der Waals surface area contributed by atoms with Crippen molar-refractivity contribution in [1.82, 2.24) is 19.9 Å². The summed E-state index contributed by atoms with van der Waals surface area (Å²) in [5.41, 5.74) is 1.16. The van der Waals surface area contributed by atoms with Gasteiger partial charge in [0.15, 0.2) is 0 Å². The van der Waals surface area contributed by atoms with E-state index in [9.17, 15) is 8.42 Å². The molecule has 3 aromatic heterocycles. The molecule has 11 nitrogen and oxygen atoms in total. The number of nitrogens with one attached hydrogen (secondary N) is 2. The van der Waals surface area contributed by atoms with Gasteiger partial charge in [-0.3, -0.25) is 9.71 Å². The Bertz CT molecular complexity index is 1370. The topological polar surface area (TPSA) is 131 Å². The van der Waals surface area contributed by atoms with Crippen LogP contribution < -0.4 is 19.7 Å². The zero-order valence-electron chi connectivity index (χ0n) is 22.0. The summed E-state index contributed by atoms with van der Waals surface area (Å²) in [6, 6.07) is 5.84. The summed E-state index contributed by atoms with van der Waals surface area (Å²) in [7, 11) is -3.47. The van der Waals surface area contributed by atoms with Crippen LogP contribution >= 0.6 is 0 Å². The van der Waals surface area contributed by atoms with Crippen LogP contribution in [0.2, 0.25) is 0 Å². The maximum atomic E-state index is 12.9. The summed E-state index contributed by atoms with van der Waals surface area (Å²) < 4.78 is 40.7. The lowest BCUT2D eigenvalue weighted by Gasteiger charge is -2.31. The number of nitrogens with zero attached hydrogens (tertiary/aromatic N) is 5. The lowest BCUT2D eigenvalue weighted by atomic mass is 9.93. The molecule has 3 aliphatic rings. The van der Waals surface area contributed by atoms with Gasteiger partial charge in [-0.2, -0.15) is 4.98 Å². The lowest BCUT2D eigenvalue weighted by molar-refractivity contribution is 0.122. The van der Waals surface area contributed by atoms with Crippen molar-refractivity contribution in [3.05, 3.63) is 36.8 Å². The standard InChI is InChI=1S/C27H35N7O4S/c35-39(36,22-4-1-2-5-22)33-20-16-23-24(30-18-20)17-25(34-12-14-37-15-13-34)32-26(23)38-21-8-6-19(7-9-21)31-27-28-10-3-11-29-27/h3,10-11,16-19,21-22,33H,1-2,4-9,12-15H2,(H,28,29,31). The number of anilines is 3. The first kappa shape index (κ1) is 26.0. The molecule has 0 spiro atoms. The number of hydrogen-bond acceptors (Lipinski definition) is 10. The van der Waals surface area contributed by atoms with Crippen molar-refractivity contribution >= 4 is 38.4 Å². The van der Waals surface area contributed by atoms with E-state index >= 15 is 0 Å². The average molecular weight is 554 g/mol. The molecule has 0 aromatic carbocycles. The van der Waals surface area contributed by atoms with Crippen molar-refractivity contribution in [2.24, 2.45) is 0 Å². The Morgan fingerprint density at radius 3 is 2.44 bits per heavy atom. The molecule has 39 heavy (non-hydrogen) atoms. The van der Waals surface area contributed by atoms with Crippen molar-refractivity contribution in [1.29, 1.82) is 0 Å². The number of fused-ring (bicyclic) bond motifs is 1. The first-order valence-corrected chi connectivity index (χ1v) is 15.4. The van der Waals surface area contributed by atoms with Crippen LogP contribution in [-0.4, -0.2) is 72.1 Å². The van der Waals surface area contributed by atoms with Crippen LogP contribution in [0.1, 0.15) is 51.4 Å². The average Bonchev–Trinajstić information content (AvgIpc) is 3.52. The van der Waals surface area contributed by atoms with Crippen molar-refractivity contribution < 1.29 is 17.9 Å². The summed E-state index contributed by atoms with van der Waals surface area (Å²) in [6.45, 7) is 2.78. The highest BCUT2D eigenvalue weighted by molar-refractivity contribution is 7.93. The third-order valence-electron chi connectivity index (χ3n) is 7.82. The van der Waals surface area contributed by atoms with Crippen LogP contribution in [0.4, 0.5) is 17.5 Å². The maximum Gasteiger partial charge on any atom is 0.235 e. The second-order valence-corrected chi connectivity index (χ2v) is 12.5. The molecule has 0 unspecified atom stereocenters. The van der Waals surface area contributed by atoms with Gasteiger partial charge in [-0.1, -0.05) is 12.8 Å². The fourth-order valence-electron chi connectivity index (χ4n) is 5.67. The summed E-state index contributed by atoms with van der Waals surface area (Å²) in [5.74, 6) is 1.93. The molecule has 0 bridgehead atoms. The minimum Gasteiger partial charge on any atom is -0.474 e. The van der Waals surface area contributed by atoms with Gasteiger partial charge in [-0.25, -0.2) is 18.4 Å². The molecule has 12 heteroatoms. The van der Waals surface area contributed by atoms with E-state index in [-0.39, 0.29) is 17.4 Å². The summed E-state index contributed by atoms with van der Waals surface area (Å²) >= 11 is 0. The largest absolute Gasteiger partial charge is 0.474 e. The summed E-state index contributed by atoms with van der Waals surface area (Å²) in [6.07, 6.45) is 11.9. The van der Waals surface area contributed by atoms with Gasteiger partial charge in [0, 0.05) is 37.6 Å². The van der Waals surface area contributed by atoms with E-state index < -0.39 is 10.0 Å². The zero-order valence-corrected chi connectivity index (χ0v) is 22.8.